The fraction of sp³-hybridized carbons (Fsp3) is 0.478. The van der Waals surface area contributed by atoms with E-state index >= 15 is 0 Å². The molecule has 1 aliphatic rings. The molecule has 3 heteroatoms. The number of hydrogen-bond acceptors (Lipinski definition) is 3. The van der Waals surface area contributed by atoms with E-state index in [1.54, 1.807) is 0 Å². The third kappa shape index (κ3) is 3.71. The van der Waals surface area contributed by atoms with Crippen LogP contribution in [0, 0.1) is 0 Å². The summed E-state index contributed by atoms with van der Waals surface area (Å²) >= 11 is 0. The third-order valence-corrected chi connectivity index (χ3v) is 6.34. The first kappa shape index (κ1) is 19.1. The normalized spacial score (nSPS) is 26.2. The zero-order valence-electron chi connectivity index (χ0n) is 16.1. The monoisotopic (exact) mass is 352 g/mol. The molecule has 2 N–H and O–H groups in total. The lowest BCUT2D eigenvalue weighted by atomic mass is 9.62. The molecular formula is C23H32N2O. The molecule has 0 unspecified atom stereocenters. The van der Waals surface area contributed by atoms with Gasteiger partial charge in [0.1, 0.15) is 0 Å². The van der Waals surface area contributed by atoms with Crippen LogP contribution in [0.4, 0.5) is 0 Å². The highest BCUT2D eigenvalue weighted by atomic mass is 16.3. The van der Waals surface area contributed by atoms with Gasteiger partial charge in [-0.1, -0.05) is 60.7 Å². The molecule has 3 nitrogen and oxygen atoms in total. The summed E-state index contributed by atoms with van der Waals surface area (Å²) in [4.78, 5) is 2.42. The Kier molecular flexibility index (Phi) is 6.13. The number of aliphatic hydroxyl groups is 1. The summed E-state index contributed by atoms with van der Waals surface area (Å²) < 4.78 is 0. The Balaban J connectivity index is 1.87. The van der Waals surface area contributed by atoms with Crippen LogP contribution in [0.2, 0.25) is 0 Å². The summed E-state index contributed by atoms with van der Waals surface area (Å²) in [6.07, 6.45) is 4.56. The average molecular weight is 353 g/mol. The number of nitrogens with one attached hydrogen (secondary N) is 1. The van der Waals surface area contributed by atoms with Crippen molar-refractivity contribution >= 4 is 0 Å². The van der Waals surface area contributed by atoms with Crippen molar-refractivity contribution in [3.8, 4) is 0 Å². The van der Waals surface area contributed by atoms with Crippen molar-refractivity contribution in [3.63, 3.8) is 0 Å². The Hall–Kier alpha value is -1.68. The van der Waals surface area contributed by atoms with Crippen LogP contribution in [0.15, 0.2) is 60.7 Å². The second-order valence-corrected chi connectivity index (χ2v) is 7.84. The molecule has 0 aliphatic heterocycles. The molecular weight excluding hydrogens is 320 g/mol. The maximum absolute atomic E-state index is 9.19. The molecule has 26 heavy (non-hydrogen) atoms. The van der Waals surface area contributed by atoms with Crippen LogP contribution in [-0.4, -0.2) is 43.8 Å². The van der Waals surface area contributed by atoms with Gasteiger partial charge in [0, 0.05) is 24.0 Å². The van der Waals surface area contributed by atoms with Gasteiger partial charge in [-0.05, 0) is 50.9 Å². The molecule has 0 radical (unpaired) electrons. The van der Waals surface area contributed by atoms with Crippen molar-refractivity contribution in [1.82, 2.24) is 10.2 Å². The van der Waals surface area contributed by atoms with Crippen LogP contribution in [0.3, 0.4) is 0 Å². The molecule has 1 fully saturated rings. The zero-order valence-corrected chi connectivity index (χ0v) is 16.1. The van der Waals surface area contributed by atoms with E-state index in [0.29, 0.717) is 6.54 Å². The highest BCUT2D eigenvalue weighted by molar-refractivity contribution is 5.31. The summed E-state index contributed by atoms with van der Waals surface area (Å²) in [6.45, 7) is 1.78. The molecule has 1 aliphatic carbocycles. The van der Waals surface area contributed by atoms with E-state index in [2.05, 4.69) is 85.0 Å². The second kappa shape index (κ2) is 8.34. The smallest absolute Gasteiger partial charge is 0.0555 e. The zero-order chi connectivity index (χ0) is 18.5. The molecule has 2 aromatic carbocycles. The van der Waals surface area contributed by atoms with Crippen molar-refractivity contribution in [2.45, 2.75) is 36.6 Å². The van der Waals surface area contributed by atoms with Crippen LogP contribution in [0.25, 0.3) is 0 Å². The van der Waals surface area contributed by atoms with Gasteiger partial charge in [-0.15, -0.1) is 0 Å². The van der Waals surface area contributed by atoms with Crippen LogP contribution in [-0.2, 0) is 11.0 Å². The number of nitrogens with zero attached hydrogens (tertiary/aromatic N) is 1. The van der Waals surface area contributed by atoms with Gasteiger partial charge in [0.25, 0.3) is 0 Å². The van der Waals surface area contributed by atoms with Crippen molar-refractivity contribution in [2.24, 2.45) is 0 Å². The summed E-state index contributed by atoms with van der Waals surface area (Å²) in [6, 6.07) is 21.9. The minimum absolute atomic E-state index is 0.108. The van der Waals surface area contributed by atoms with E-state index in [0.717, 1.165) is 32.2 Å². The van der Waals surface area contributed by atoms with Gasteiger partial charge in [-0.3, -0.25) is 4.90 Å². The Morgan fingerprint density at radius 1 is 0.846 bits per heavy atom. The molecule has 0 amide bonds. The van der Waals surface area contributed by atoms with Crippen molar-refractivity contribution in [1.29, 1.82) is 0 Å². The van der Waals surface area contributed by atoms with E-state index in [-0.39, 0.29) is 17.6 Å². The van der Waals surface area contributed by atoms with Crippen LogP contribution in [0.1, 0.15) is 36.8 Å². The van der Waals surface area contributed by atoms with Gasteiger partial charge >= 0.3 is 0 Å². The number of hydrogen-bond donors (Lipinski definition) is 2. The second-order valence-electron chi connectivity index (χ2n) is 7.84. The van der Waals surface area contributed by atoms with Crippen molar-refractivity contribution < 1.29 is 5.11 Å². The van der Waals surface area contributed by atoms with Gasteiger partial charge in [-0.25, -0.2) is 0 Å². The SMILES string of the molecule is CN(C)C1(c2ccccc2)CCC(CNCCO)(c2ccccc2)CC1. The molecule has 0 spiro atoms. The summed E-state index contributed by atoms with van der Waals surface area (Å²) in [7, 11) is 4.43. The average Bonchev–Trinajstić information content (AvgIpc) is 2.70. The highest BCUT2D eigenvalue weighted by Crippen LogP contribution is 2.49. The molecule has 0 heterocycles. The van der Waals surface area contributed by atoms with Crippen LogP contribution >= 0.6 is 0 Å². The Morgan fingerprint density at radius 3 is 1.88 bits per heavy atom. The number of benzene rings is 2. The lowest BCUT2D eigenvalue weighted by molar-refractivity contribution is 0.0639. The summed E-state index contributed by atoms with van der Waals surface area (Å²) in [5.74, 6) is 0. The highest BCUT2D eigenvalue weighted by Gasteiger charge is 2.45. The maximum Gasteiger partial charge on any atom is 0.0555 e. The first-order valence-corrected chi connectivity index (χ1v) is 9.73. The lowest BCUT2D eigenvalue weighted by Gasteiger charge is -2.50. The summed E-state index contributed by atoms with van der Waals surface area (Å²) in [5, 5.41) is 12.7. The summed E-state index contributed by atoms with van der Waals surface area (Å²) in [5.41, 5.74) is 3.10. The lowest BCUT2D eigenvalue weighted by Crippen LogP contribution is -2.51. The van der Waals surface area contributed by atoms with E-state index in [4.69, 9.17) is 0 Å². The molecule has 3 rings (SSSR count). The molecule has 0 aromatic heterocycles. The fourth-order valence-electron chi connectivity index (χ4n) is 4.65. The van der Waals surface area contributed by atoms with Gasteiger partial charge in [0.2, 0.25) is 0 Å². The molecule has 2 aromatic rings. The maximum atomic E-state index is 9.19. The van der Waals surface area contributed by atoms with Gasteiger partial charge in [0.15, 0.2) is 0 Å². The first-order chi connectivity index (χ1) is 12.6. The van der Waals surface area contributed by atoms with Gasteiger partial charge < -0.3 is 10.4 Å². The van der Waals surface area contributed by atoms with E-state index in [1.165, 1.54) is 11.1 Å². The number of rotatable bonds is 7. The van der Waals surface area contributed by atoms with Crippen molar-refractivity contribution in [3.05, 3.63) is 71.8 Å². The molecule has 0 atom stereocenters. The topological polar surface area (TPSA) is 35.5 Å². The first-order valence-electron chi connectivity index (χ1n) is 9.73. The predicted octanol–water partition coefficient (Wildman–Crippen LogP) is 3.54. The standard InChI is InChI=1S/C23H32N2O/c1-25(2)23(21-11-7-4-8-12-21)15-13-22(14-16-23,19-24-17-18-26)20-9-5-3-6-10-20/h3-12,24,26H,13-19H2,1-2H3. The van der Waals surface area contributed by atoms with E-state index in [9.17, 15) is 5.11 Å². The molecule has 0 bridgehead atoms. The predicted molar refractivity (Wildman–Crippen MR) is 108 cm³/mol. The minimum atomic E-state index is 0.108. The largest absolute Gasteiger partial charge is 0.395 e. The van der Waals surface area contributed by atoms with E-state index in [1.807, 2.05) is 0 Å². The molecule has 0 saturated heterocycles. The Morgan fingerprint density at radius 2 is 1.38 bits per heavy atom. The quantitative estimate of drug-likeness (QED) is 0.748. The van der Waals surface area contributed by atoms with Crippen LogP contribution in [0.5, 0.6) is 0 Å². The fourth-order valence-corrected chi connectivity index (χ4v) is 4.65. The molecule has 1 saturated carbocycles. The Bertz CT molecular complexity index is 661. The Labute approximate surface area is 158 Å². The van der Waals surface area contributed by atoms with Crippen molar-refractivity contribution in [2.75, 3.05) is 33.8 Å². The third-order valence-electron chi connectivity index (χ3n) is 6.34. The minimum Gasteiger partial charge on any atom is -0.395 e. The van der Waals surface area contributed by atoms with E-state index < -0.39 is 0 Å². The van der Waals surface area contributed by atoms with Gasteiger partial charge in [0.05, 0.1) is 6.61 Å². The van der Waals surface area contributed by atoms with Gasteiger partial charge in [-0.2, -0.15) is 0 Å². The molecule has 140 valence electrons. The van der Waals surface area contributed by atoms with Crippen LogP contribution < -0.4 is 5.32 Å². The number of aliphatic hydroxyl groups excluding tert-OH is 1.